The normalized spacial score (nSPS) is 10.8. The molecule has 0 aliphatic rings. The Kier molecular flexibility index (Phi) is 3.28. The van der Waals surface area contributed by atoms with E-state index in [1.54, 1.807) is 28.4 Å². The Morgan fingerprint density at radius 2 is 2.11 bits per heavy atom. The summed E-state index contributed by atoms with van der Waals surface area (Å²) in [5.41, 5.74) is 2.76. The number of thiazole rings is 1. The number of aryl methyl sites for hydroxylation is 1. The largest absolute Gasteiger partial charge is 0.245 e. The molecule has 0 saturated carbocycles. The molecule has 0 aromatic carbocycles. The van der Waals surface area contributed by atoms with Crippen molar-refractivity contribution in [3.8, 4) is 11.3 Å². The molecule has 96 valence electrons. The van der Waals surface area contributed by atoms with E-state index in [4.69, 9.17) is 0 Å². The van der Waals surface area contributed by atoms with Crippen molar-refractivity contribution in [1.82, 2.24) is 29.9 Å². The van der Waals surface area contributed by atoms with Gasteiger partial charge in [0, 0.05) is 23.3 Å². The van der Waals surface area contributed by atoms with Crippen LogP contribution < -0.4 is 0 Å². The molecule has 0 saturated heterocycles. The third kappa shape index (κ3) is 2.65. The highest BCUT2D eigenvalue weighted by Gasteiger charge is 2.06. The smallest absolute Gasteiger partial charge is 0.116 e. The topological polar surface area (TPSA) is 69.4 Å². The van der Waals surface area contributed by atoms with Crippen molar-refractivity contribution in [3.63, 3.8) is 0 Å². The van der Waals surface area contributed by atoms with Crippen molar-refractivity contribution in [1.29, 1.82) is 0 Å². The Hall–Kier alpha value is -2.15. The zero-order valence-corrected chi connectivity index (χ0v) is 11.2. The van der Waals surface area contributed by atoms with Gasteiger partial charge in [0.2, 0.25) is 0 Å². The molecule has 7 heteroatoms. The van der Waals surface area contributed by atoms with Gasteiger partial charge in [0.25, 0.3) is 0 Å². The van der Waals surface area contributed by atoms with Gasteiger partial charge in [0.1, 0.15) is 17.0 Å². The molecule has 3 heterocycles. The fourth-order valence-corrected chi connectivity index (χ4v) is 2.53. The van der Waals surface area contributed by atoms with Crippen LogP contribution in [0.15, 0.2) is 30.3 Å². The van der Waals surface area contributed by atoms with Crippen LogP contribution in [0.5, 0.6) is 0 Å². The number of aromatic nitrogens is 6. The maximum absolute atomic E-state index is 4.51. The van der Waals surface area contributed by atoms with Crippen LogP contribution in [0.4, 0.5) is 0 Å². The van der Waals surface area contributed by atoms with Gasteiger partial charge in [-0.25, -0.2) is 19.6 Å². The molecule has 19 heavy (non-hydrogen) atoms. The fourth-order valence-electron chi connectivity index (χ4n) is 1.66. The quantitative estimate of drug-likeness (QED) is 0.724. The van der Waals surface area contributed by atoms with Gasteiger partial charge in [-0.2, -0.15) is 0 Å². The minimum absolute atomic E-state index is 0.644. The van der Waals surface area contributed by atoms with Crippen molar-refractivity contribution < 1.29 is 0 Å². The molecule has 0 unspecified atom stereocenters. The maximum atomic E-state index is 4.51. The van der Waals surface area contributed by atoms with Crippen LogP contribution in [0.1, 0.15) is 17.6 Å². The second-order valence-corrected chi connectivity index (χ2v) is 4.96. The third-order valence-electron chi connectivity index (χ3n) is 2.65. The fraction of sp³-hybridized carbons (Fsp3) is 0.250. The van der Waals surface area contributed by atoms with Crippen LogP contribution >= 0.6 is 11.3 Å². The summed E-state index contributed by atoms with van der Waals surface area (Å²) in [5, 5.41) is 11.3. The number of hydrogen-bond acceptors (Lipinski definition) is 6. The average molecular weight is 272 g/mol. The van der Waals surface area contributed by atoms with Crippen molar-refractivity contribution in [2.45, 2.75) is 19.9 Å². The van der Waals surface area contributed by atoms with E-state index in [0.717, 1.165) is 28.4 Å². The van der Waals surface area contributed by atoms with Crippen LogP contribution in [0.3, 0.4) is 0 Å². The molecule has 3 aromatic heterocycles. The molecule has 0 spiro atoms. The summed E-state index contributed by atoms with van der Waals surface area (Å²) in [6.07, 6.45) is 7.78. The molecule has 0 fully saturated rings. The molecule has 0 amide bonds. The zero-order chi connectivity index (χ0) is 13.1. The standard InChI is InChI=1S/C12H12N6S/c1-2-10-7-19-12(15-10)6-18-5-11(16-17-18)9-3-13-8-14-4-9/h3-5,7-8H,2,6H2,1H3. The first kappa shape index (κ1) is 11.9. The van der Waals surface area contributed by atoms with Gasteiger partial charge in [-0.15, -0.1) is 16.4 Å². The maximum Gasteiger partial charge on any atom is 0.116 e. The highest BCUT2D eigenvalue weighted by molar-refractivity contribution is 7.09. The summed E-state index contributed by atoms with van der Waals surface area (Å²) in [7, 11) is 0. The first-order valence-electron chi connectivity index (χ1n) is 5.94. The Morgan fingerprint density at radius 3 is 2.84 bits per heavy atom. The van der Waals surface area contributed by atoms with Gasteiger partial charge in [0.05, 0.1) is 18.4 Å². The molecule has 0 aliphatic heterocycles. The molecular weight excluding hydrogens is 260 g/mol. The summed E-state index contributed by atoms with van der Waals surface area (Å²) in [5.74, 6) is 0. The van der Waals surface area contributed by atoms with Gasteiger partial charge in [-0.05, 0) is 6.42 Å². The highest BCUT2D eigenvalue weighted by Crippen LogP contribution is 2.15. The Labute approximate surface area is 114 Å². The summed E-state index contributed by atoms with van der Waals surface area (Å²) < 4.78 is 1.78. The molecule has 3 rings (SSSR count). The van der Waals surface area contributed by atoms with Gasteiger partial charge in [-0.3, -0.25) is 0 Å². The minimum Gasteiger partial charge on any atom is -0.245 e. The summed E-state index contributed by atoms with van der Waals surface area (Å²) in [6.45, 7) is 2.74. The van der Waals surface area contributed by atoms with E-state index in [-0.39, 0.29) is 0 Å². The van der Waals surface area contributed by atoms with Gasteiger partial charge in [0.15, 0.2) is 0 Å². The van der Waals surface area contributed by atoms with E-state index in [2.05, 4.69) is 37.6 Å². The SMILES string of the molecule is CCc1csc(Cn2cc(-c3cncnc3)nn2)n1. The number of nitrogens with zero attached hydrogens (tertiary/aromatic N) is 6. The molecular formula is C12H12N6S. The van der Waals surface area contributed by atoms with Crippen molar-refractivity contribution in [2.24, 2.45) is 0 Å². The lowest BCUT2D eigenvalue weighted by atomic mass is 10.3. The molecule has 0 bridgehead atoms. The summed E-state index contributed by atoms with van der Waals surface area (Å²) in [6, 6.07) is 0. The van der Waals surface area contributed by atoms with Gasteiger partial charge < -0.3 is 0 Å². The van der Waals surface area contributed by atoms with Crippen LogP contribution in [0.25, 0.3) is 11.3 Å². The molecule has 0 N–H and O–H groups in total. The van der Waals surface area contributed by atoms with Crippen LogP contribution in [-0.4, -0.2) is 29.9 Å². The molecule has 0 atom stereocenters. The predicted octanol–water partition coefficient (Wildman–Crippen LogP) is 1.80. The average Bonchev–Trinajstić information content (AvgIpc) is 3.09. The summed E-state index contributed by atoms with van der Waals surface area (Å²) in [4.78, 5) is 12.5. The molecule has 6 nitrogen and oxygen atoms in total. The minimum atomic E-state index is 0.644. The lowest BCUT2D eigenvalue weighted by Crippen LogP contribution is -2.00. The summed E-state index contributed by atoms with van der Waals surface area (Å²) >= 11 is 1.65. The lowest BCUT2D eigenvalue weighted by molar-refractivity contribution is 0.646. The van der Waals surface area contributed by atoms with E-state index in [0.29, 0.717) is 6.54 Å². The second kappa shape index (κ2) is 5.23. The highest BCUT2D eigenvalue weighted by atomic mass is 32.1. The molecule has 0 aliphatic carbocycles. The van der Waals surface area contributed by atoms with E-state index in [1.165, 1.54) is 6.33 Å². The lowest BCUT2D eigenvalue weighted by Gasteiger charge is -1.95. The van der Waals surface area contributed by atoms with Crippen LogP contribution in [-0.2, 0) is 13.0 Å². The van der Waals surface area contributed by atoms with Gasteiger partial charge in [-0.1, -0.05) is 12.1 Å². The van der Waals surface area contributed by atoms with Crippen molar-refractivity contribution in [3.05, 3.63) is 41.0 Å². The first-order valence-corrected chi connectivity index (χ1v) is 6.82. The van der Waals surface area contributed by atoms with Gasteiger partial charge >= 0.3 is 0 Å². The monoisotopic (exact) mass is 272 g/mol. The van der Waals surface area contributed by atoms with Crippen LogP contribution in [0.2, 0.25) is 0 Å². The second-order valence-electron chi connectivity index (χ2n) is 4.01. The predicted molar refractivity (Wildman–Crippen MR) is 71.6 cm³/mol. The third-order valence-corrected chi connectivity index (χ3v) is 3.54. The van der Waals surface area contributed by atoms with E-state index in [1.807, 2.05) is 6.20 Å². The number of rotatable bonds is 4. The number of hydrogen-bond donors (Lipinski definition) is 0. The Balaban J connectivity index is 1.78. The molecule has 0 radical (unpaired) electrons. The first-order chi connectivity index (χ1) is 9.35. The Bertz CT molecular complexity index is 660. The van der Waals surface area contributed by atoms with E-state index in [9.17, 15) is 0 Å². The zero-order valence-electron chi connectivity index (χ0n) is 10.4. The Morgan fingerprint density at radius 1 is 1.26 bits per heavy atom. The molecule has 3 aromatic rings. The van der Waals surface area contributed by atoms with Crippen LogP contribution in [0, 0.1) is 0 Å². The van der Waals surface area contributed by atoms with E-state index >= 15 is 0 Å². The van der Waals surface area contributed by atoms with E-state index < -0.39 is 0 Å². The van der Waals surface area contributed by atoms with Crippen molar-refractivity contribution >= 4 is 11.3 Å². The van der Waals surface area contributed by atoms with Crippen molar-refractivity contribution in [2.75, 3.05) is 0 Å².